The second-order valence-electron chi connectivity index (χ2n) is 6.00. The molecule has 1 heterocycles. The van der Waals surface area contributed by atoms with Crippen molar-refractivity contribution in [2.45, 2.75) is 89.1 Å². The smallest absolute Gasteiger partial charge is 0.378 e. The molecule has 1 aliphatic rings. The van der Waals surface area contributed by atoms with Gasteiger partial charge in [-0.05, 0) is 6.42 Å². The van der Waals surface area contributed by atoms with Crippen LogP contribution in [0.5, 0.6) is 0 Å². The van der Waals surface area contributed by atoms with E-state index in [9.17, 15) is 24.9 Å². The van der Waals surface area contributed by atoms with E-state index >= 15 is 0 Å². The quantitative estimate of drug-likeness (QED) is 0.299. The molecular weight excluding hydrogens is 288 g/mol. The summed E-state index contributed by atoms with van der Waals surface area (Å²) in [5.41, 5.74) is 0. The van der Waals surface area contributed by atoms with Crippen LogP contribution in [0.1, 0.15) is 64.7 Å². The van der Waals surface area contributed by atoms with Crippen molar-refractivity contribution in [2.75, 3.05) is 0 Å². The third-order valence-electron chi connectivity index (χ3n) is 4.11. The second kappa shape index (κ2) is 9.92. The molecule has 0 aromatic heterocycles. The molecule has 1 rings (SSSR count). The Morgan fingerprint density at radius 2 is 1.55 bits per heavy atom. The number of hydrogen-bond donors (Lipinski definition) is 3. The predicted molar refractivity (Wildman–Crippen MR) is 80.1 cm³/mol. The van der Waals surface area contributed by atoms with Crippen molar-refractivity contribution in [3.8, 4) is 0 Å². The molecule has 0 radical (unpaired) electrons. The Bertz CT molecular complexity index is 357. The van der Waals surface area contributed by atoms with Crippen molar-refractivity contribution in [1.82, 2.24) is 0 Å². The number of ether oxygens (including phenoxy) is 1. The van der Waals surface area contributed by atoms with Crippen molar-refractivity contribution in [1.29, 1.82) is 0 Å². The lowest BCUT2D eigenvalue weighted by Crippen LogP contribution is -2.44. The van der Waals surface area contributed by atoms with Crippen LogP contribution < -0.4 is 0 Å². The number of cyclic esters (lactones) is 1. The summed E-state index contributed by atoms with van der Waals surface area (Å²) >= 11 is 0. The van der Waals surface area contributed by atoms with Crippen molar-refractivity contribution < 1.29 is 29.6 Å². The van der Waals surface area contributed by atoms with Gasteiger partial charge in [0.25, 0.3) is 5.78 Å². The van der Waals surface area contributed by atoms with Gasteiger partial charge in [-0.1, -0.05) is 58.3 Å². The molecular formula is C16H28O6. The molecule has 0 spiro atoms. The first-order chi connectivity index (χ1) is 10.5. The van der Waals surface area contributed by atoms with E-state index in [0.717, 1.165) is 19.3 Å². The highest BCUT2D eigenvalue weighted by Gasteiger charge is 2.47. The van der Waals surface area contributed by atoms with Gasteiger partial charge >= 0.3 is 5.97 Å². The van der Waals surface area contributed by atoms with E-state index in [1.807, 2.05) is 0 Å². The van der Waals surface area contributed by atoms with E-state index in [2.05, 4.69) is 11.7 Å². The van der Waals surface area contributed by atoms with Gasteiger partial charge in [-0.2, -0.15) is 0 Å². The summed E-state index contributed by atoms with van der Waals surface area (Å²) in [6.07, 6.45) is 3.72. The van der Waals surface area contributed by atoms with Gasteiger partial charge in [0.15, 0.2) is 12.2 Å². The molecule has 0 bridgehead atoms. The Labute approximate surface area is 131 Å². The number of carbonyl (C=O) groups is 2. The van der Waals surface area contributed by atoms with E-state index in [4.69, 9.17) is 0 Å². The molecule has 0 aliphatic carbocycles. The van der Waals surface area contributed by atoms with Gasteiger partial charge in [0, 0.05) is 0 Å². The number of carbonyl (C=O) groups excluding carboxylic acids is 2. The number of aliphatic hydroxyl groups excluding tert-OH is 3. The normalized spacial score (nSPS) is 24.4. The Morgan fingerprint density at radius 1 is 1.00 bits per heavy atom. The molecule has 3 N–H and O–H groups in total. The zero-order chi connectivity index (χ0) is 16.5. The van der Waals surface area contributed by atoms with E-state index in [-0.39, 0.29) is 0 Å². The summed E-state index contributed by atoms with van der Waals surface area (Å²) in [7, 11) is 0. The Balaban J connectivity index is 2.16. The zero-order valence-corrected chi connectivity index (χ0v) is 13.2. The number of esters is 1. The molecule has 128 valence electrons. The number of ketones is 1. The van der Waals surface area contributed by atoms with Crippen LogP contribution in [0.2, 0.25) is 0 Å². The molecule has 6 nitrogen and oxygen atoms in total. The van der Waals surface area contributed by atoms with Gasteiger partial charge < -0.3 is 20.1 Å². The fraction of sp³-hybridized carbons (Fsp3) is 0.875. The van der Waals surface area contributed by atoms with Crippen LogP contribution in [-0.2, 0) is 14.3 Å². The van der Waals surface area contributed by atoms with Crippen LogP contribution in [0.25, 0.3) is 0 Å². The van der Waals surface area contributed by atoms with Crippen LogP contribution in [0.3, 0.4) is 0 Å². The number of rotatable bonds is 11. The summed E-state index contributed by atoms with van der Waals surface area (Å²) in [6, 6.07) is 0. The zero-order valence-electron chi connectivity index (χ0n) is 13.2. The van der Waals surface area contributed by atoms with E-state index in [1.54, 1.807) is 0 Å². The third-order valence-corrected chi connectivity index (χ3v) is 4.11. The summed E-state index contributed by atoms with van der Waals surface area (Å²) in [5.74, 6) is -2.22. The van der Waals surface area contributed by atoms with Crippen molar-refractivity contribution in [2.24, 2.45) is 0 Å². The molecule has 6 heteroatoms. The maximum absolute atomic E-state index is 11.1. The lowest BCUT2D eigenvalue weighted by molar-refractivity contribution is -0.154. The number of unbranched alkanes of at least 4 members (excludes halogenated alkanes) is 7. The van der Waals surface area contributed by atoms with Gasteiger partial charge in [0.2, 0.25) is 0 Å². The molecule has 2 unspecified atom stereocenters. The lowest BCUT2D eigenvalue weighted by Gasteiger charge is -2.23. The fourth-order valence-corrected chi connectivity index (χ4v) is 2.65. The van der Waals surface area contributed by atoms with E-state index in [1.165, 1.54) is 32.1 Å². The molecule has 0 aromatic rings. The highest BCUT2D eigenvalue weighted by molar-refractivity contribution is 6.37. The standard InChI is InChI=1S/C16H28O6/c1-2-3-4-5-6-7-8-9-10-11(17)12(18)15-13(19)14(20)16(21)22-15/h11-13,15,17-19H,2-10H2,1H3/t11?,12-,13?,15+/m0/s1. The van der Waals surface area contributed by atoms with Gasteiger partial charge in [0.05, 0.1) is 6.10 Å². The van der Waals surface area contributed by atoms with Crippen LogP contribution in [0, 0.1) is 0 Å². The van der Waals surface area contributed by atoms with E-state index < -0.39 is 36.2 Å². The van der Waals surface area contributed by atoms with Crippen molar-refractivity contribution in [3.05, 3.63) is 0 Å². The fourth-order valence-electron chi connectivity index (χ4n) is 2.65. The monoisotopic (exact) mass is 316 g/mol. The summed E-state index contributed by atoms with van der Waals surface area (Å²) in [6.45, 7) is 2.18. The Kier molecular flexibility index (Phi) is 8.60. The number of Topliss-reactive ketones (excluding diaryl/α,β-unsaturated/α-hetero) is 1. The highest BCUT2D eigenvalue weighted by atomic mass is 16.6. The molecule has 1 fully saturated rings. The minimum Gasteiger partial charge on any atom is -0.450 e. The second-order valence-corrected chi connectivity index (χ2v) is 6.00. The van der Waals surface area contributed by atoms with Crippen molar-refractivity contribution >= 4 is 11.8 Å². The van der Waals surface area contributed by atoms with E-state index in [0.29, 0.717) is 6.42 Å². The maximum atomic E-state index is 11.1. The lowest BCUT2D eigenvalue weighted by atomic mass is 9.98. The molecule has 0 saturated carbocycles. The summed E-state index contributed by atoms with van der Waals surface area (Å²) in [5, 5.41) is 29.3. The maximum Gasteiger partial charge on any atom is 0.378 e. The van der Waals surface area contributed by atoms with Gasteiger partial charge in [-0.15, -0.1) is 0 Å². The molecule has 22 heavy (non-hydrogen) atoms. The van der Waals surface area contributed by atoms with Gasteiger partial charge in [-0.25, -0.2) is 4.79 Å². The summed E-state index contributed by atoms with van der Waals surface area (Å²) in [4.78, 5) is 22.1. The first-order valence-electron chi connectivity index (χ1n) is 8.28. The van der Waals surface area contributed by atoms with Crippen LogP contribution in [0.15, 0.2) is 0 Å². The summed E-state index contributed by atoms with van der Waals surface area (Å²) < 4.78 is 4.60. The minimum absolute atomic E-state index is 0.352. The van der Waals surface area contributed by atoms with Crippen LogP contribution in [0.4, 0.5) is 0 Å². The van der Waals surface area contributed by atoms with Crippen LogP contribution >= 0.6 is 0 Å². The SMILES string of the molecule is CCCCCCCCCCC(O)[C@H](O)[C@H]1OC(=O)C(=O)C1O. The largest absolute Gasteiger partial charge is 0.450 e. The molecule has 4 atom stereocenters. The average molecular weight is 316 g/mol. The highest BCUT2D eigenvalue weighted by Crippen LogP contribution is 2.20. The topological polar surface area (TPSA) is 104 Å². The first-order valence-corrected chi connectivity index (χ1v) is 8.28. The Hall–Kier alpha value is -0.980. The van der Waals surface area contributed by atoms with Gasteiger partial charge in [-0.3, -0.25) is 4.79 Å². The Morgan fingerprint density at radius 3 is 2.05 bits per heavy atom. The third kappa shape index (κ3) is 5.66. The average Bonchev–Trinajstić information content (AvgIpc) is 2.76. The molecule has 0 aromatic carbocycles. The molecule has 1 aliphatic heterocycles. The number of hydrogen-bond acceptors (Lipinski definition) is 6. The minimum atomic E-state index is -1.68. The van der Waals surface area contributed by atoms with Gasteiger partial charge in [0.1, 0.15) is 6.10 Å². The molecule has 1 saturated heterocycles. The first kappa shape index (κ1) is 19.1. The predicted octanol–water partition coefficient (Wildman–Crippen LogP) is 1.09. The molecule has 0 amide bonds. The van der Waals surface area contributed by atoms with Crippen molar-refractivity contribution in [3.63, 3.8) is 0 Å². The number of aliphatic hydroxyl groups is 3. The van der Waals surface area contributed by atoms with Crippen LogP contribution in [-0.4, -0.2) is 51.5 Å².